The molecule has 1 saturated carbocycles. The summed E-state index contributed by atoms with van der Waals surface area (Å²) in [6.07, 6.45) is 6.92. The van der Waals surface area contributed by atoms with E-state index in [1.54, 1.807) is 13.2 Å². The molecule has 1 aliphatic carbocycles. The van der Waals surface area contributed by atoms with Gasteiger partial charge in [0.1, 0.15) is 17.2 Å². The lowest BCUT2D eigenvalue weighted by molar-refractivity contribution is 0.373. The van der Waals surface area contributed by atoms with Gasteiger partial charge in [0.15, 0.2) is 11.5 Å². The minimum Gasteiger partial charge on any atom is -0.504 e. The van der Waals surface area contributed by atoms with Crippen LogP contribution in [0.1, 0.15) is 25.7 Å². The highest BCUT2D eigenvalue weighted by atomic mass is 79.9. The number of phenolic OH excluding ortho intramolecular Hbond substituents is 1. The predicted octanol–water partition coefficient (Wildman–Crippen LogP) is 4.83. The fourth-order valence-corrected chi connectivity index (χ4v) is 3.78. The van der Waals surface area contributed by atoms with Crippen molar-refractivity contribution in [2.75, 3.05) is 12.4 Å². The number of hydrogen-bond donors (Lipinski definition) is 2. The Morgan fingerprint density at radius 2 is 2.04 bits per heavy atom. The Hall–Kier alpha value is -2.21. The van der Waals surface area contributed by atoms with Crippen molar-refractivity contribution in [1.82, 2.24) is 9.38 Å². The molecule has 2 aromatic heterocycles. The van der Waals surface area contributed by atoms with Gasteiger partial charge in [-0.2, -0.15) is 0 Å². The van der Waals surface area contributed by atoms with Crippen molar-refractivity contribution in [2.45, 2.75) is 31.7 Å². The number of rotatable bonds is 4. The molecule has 25 heavy (non-hydrogen) atoms. The Kier molecular flexibility index (Phi) is 4.29. The number of anilines is 1. The van der Waals surface area contributed by atoms with Crippen LogP contribution in [-0.4, -0.2) is 27.6 Å². The average Bonchev–Trinajstić information content (AvgIpc) is 3.24. The molecule has 3 aromatic rings. The van der Waals surface area contributed by atoms with E-state index in [2.05, 4.69) is 25.6 Å². The number of hydrogen-bond acceptors (Lipinski definition) is 4. The van der Waals surface area contributed by atoms with E-state index < -0.39 is 0 Å². The summed E-state index contributed by atoms with van der Waals surface area (Å²) in [5.41, 5.74) is 2.66. The van der Waals surface area contributed by atoms with E-state index in [0.717, 1.165) is 27.2 Å². The number of methoxy groups -OCH3 is 1. The monoisotopic (exact) mass is 401 g/mol. The van der Waals surface area contributed by atoms with Crippen LogP contribution in [0.5, 0.6) is 11.5 Å². The Morgan fingerprint density at radius 1 is 1.24 bits per heavy atom. The quantitative estimate of drug-likeness (QED) is 0.656. The Bertz CT molecular complexity index is 916. The highest BCUT2D eigenvalue weighted by molar-refractivity contribution is 9.10. The van der Waals surface area contributed by atoms with Crippen molar-refractivity contribution >= 4 is 27.4 Å². The molecular formula is C19H20BrN3O2. The van der Waals surface area contributed by atoms with Gasteiger partial charge >= 0.3 is 0 Å². The summed E-state index contributed by atoms with van der Waals surface area (Å²) in [5.74, 6) is 1.56. The van der Waals surface area contributed by atoms with Gasteiger partial charge in [0, 0.05) is 22.3 Å². The molecule has 0 unspecified atom stereocenters. The molecule has 2 heterocycles. The zero-order valence-corrected chi connectivity index (χ0v) is 15.6. The van der Waals surface area contributed by atoms with E-state index in [1.807, 2.05) is 30.5 Å². The largest absolute Gasteiger partial charge is 0.504 e. The van der Waals surface area contributed by atoms with Crippen LogP contribution in [0, 0.1) is 0 Å². The smallest absolute Gasteiger partial charge is 0.161 e. The zero-order chi connectivity index (χ0) is 17.4. The molecular weight excluding hydrogens is 382 g/mol. The van der Waals surface area contributed by atoms with Gasteiger partial charge in [-0.15, -0.1) is 0 Å². The minimum absolute atomic E-state index is 0.128. The van der Waals surface area contributed by atoms with Gasteiger partial charge in [0.05, 0.1) is 7.11 Å². The number of benzene rings is 1. The summed E-state index contributed by atoms with van der Waals surface area (Å²) in [6, 6.07) is 9.79. The van der Waals surface area contributed by atoms with Gasteiger partial charge < -0.3 is 15.2 Å². The van der Waals surface area contributed by atoms with Crippen LogP contribution >= 0.6 is 15.9 Å². The second kappa shape index (κ2) is 6.59. The molecule has 0 aliphatic heterocycles. The highest BCUT2D eigenvalue weighted by Crippen LogP contribution is 2.36. The van der Waals surface area contributed by atoms with Gasteiger partial charge in [-0.3, -0.25) is 4.40 Å². The van der Waals surface area contributed by atoms with E-state index in [9.17, 15) is 5.11 Å². The maximum Gasteiger partial charge on any atom is 0.161 e. The van der Waals surface area contributed by atoms with Crippen molar-refractivity contribution in [1.29, 1.82) is 0 Å². The first-order valence-corrected chi connectivity index (χ1v) is 9.26. The fraction of sp³-hybridized carbons (Fsp3) is 0.316. The maximum atomic E-state index is 9.88. The van der Waals surface area contributed by atoms with Crippen LogP contribution in [0.25, 0.3) is 16.9 Å². The molecule has 0 saturated heterocycles. The topological polar surface area (TPSA) is 58.8 Å². The third kappa shape index (κ3) is 3.06. The van der Waals surface area contributed by atoms with Crippen molar-refractivity contribution in [3.05, 3.63) is 41.0 Å². The number of aromatic nitrogens is 2. The molecule has 5 nitrogen and oxygen atoms in total. The van der Waals surface area contributed by atoms with Crippen molar-refractivity contribution in [2.24, 2.45) is 0 Å². The summed E-state index contributed by atoms with van der Waals surface area (Å²) in [5, 5.41) is 13.6. The molecule has 4 rings (SSSR count). The number of imidazole rings is 1. The lowest BCUT2D eigenvalue weighted by atomic mass is 10.1. The normalized spacial score (nSPS) is 15.0. The molecule has 1 aliphatic rings. The van der Waals surface area contributed by atoms with E-state index >= 15 is 0 Å². The molecule has 0 bridgehead atoms. The second-order valence-corrected chi connectivity index (χ2v) is 7.31. The van der Waals surface area contributed by atoms with Crippen molar-refractivity contribution < 1.29 is 9.84 Å². The number of aromatic hydroxyl groups is 1. The average molecular weight is 402 g/mol. The first-order valence-electron chi connectivity index (χ1n) is 8.47. The third-order valence-electron chi connectivity index (χ3n) is 4.73. The predicted molar refractivity (Wildman–Crippen MR) is 102 cm³/mol. The van der Waals surface area contributed by atoms with Crippen LogP contribution in [0.4, 0.5) is 5.82 Å². The van der Waals surface area contributed by atoms with Crippen LogP contribution in [0.2, 0.25) is 0 Å². The number of ether oxygens (including phenoxy) is 1. The summed E-state index contributed by atoms with van der Waals surface area (Å²) >= 11 is 3.55. The molecule has 6 heteroatoms. The number of fused-ring (bicyclic) bond motifs is 1. The van der Waals surface area contributed by atoms with Crippen LogP contribution in [0.3, 0.4) is 0 Å². The second-order valence-electron chi connectivity index (χ2n) is 6.40. The van der Waals surface area contributed by atoms with Gasteiger partial charge in [-0.05, 0) is 59.1 Å². The van der Waals surface area contributed by atoms with E-state index in [0.29, 0.717) is 11.8 Å². The van der Waals surface area contributed by atoms with Gasteiger partial charge in [0.2, 0.25) is 0 Å². The summed E-state index contributed by atoms with van der Waals surface area (Å²) in [7, 11) is 1.55. The molecule has 0 amide bonds. The molecule has 130 valence electrons. The van der Waals surface area contributed by atoms with E-state index in [-0.39, 0.29) is 5.75 Å². The maximum absolute atomic E-state index is 9.88. The van der Waals surface area contributed by atoms with E-state index in [1.165, 1.54) is 25.7 Å². The SMILES string of the molecule is COc1cc(-c2nc3ccc(Br)cn3c2NC2CCCC2)ccc1O. The number of halogens is 1. The summed E-state index contributed by atoms with van der Waals surface area (Å²) in [4.78, 5) is 4.81. The minimum atomic E-state index is 0.128. The van der Waals surface area contributed by atoms with E-state index in [4.69, 9.17) is 9.72 Å². The molecule has 0 atom stereocenters. The van der Waals surface area contributed by atoms with Gasteiger partial charge in [-0.25, -0.2) is 4.98 Å². The Balaban J connectivity index is 1.86. The first-order chi connectivity index (χ1) is 12.2. The molecule has 1 aromatic carbocycles. The zero-order valence-electron chi connectivity index (χ0n) is 14.0. The lowest BCUT2D eigenvalue weighted by Crippen LogP contribution is -2.16. The van der Waals surface area contributed by atoms with Crippen molar-refractivity contribution in [3.8, 4) is 22.8 Å². The number of nitrogens with zero attached hydrogens (tertiary/aromatic N) is 2. The van der Waals surface area contributed by atoms with Gasteiger partial charge in [-0.1, -0.05) is 12.8 Å². The molecule has 0 spiro atoms. The Morgan fingerprint density at radius 3 is 2.80 bits per heavy atom. The van der Waals surface area contributed by atoms with Crippen molar-refractivity contribution in [3.63, 3.8) is 0 Å². The molecule has 1 fully saturated rings. The summed E-state index contributed by atoms with van der Waals surface area (Å²) in [6.45, 7) is 0. The standard InChI is InChI=1S/C19H20BrN3O2/c1-25-16-10-12(6-8-15(16)24)18-19(21-14-4-2-3-5-14)23-11-13(20)7-9-17(23)22-18/h6-11,14,21,24H,2-5H2,1H3. The third-order valence-corrected chi connectivity index (χ3v) is 5.20. The number of phenols is 1. The molecule has 0 radical (unpaired) electrons. The first kappa shape index (κ1) is 16.3. The number of pyridine rings is 1. The summed E-state index contributed by atoms with van der Waals surface area (Å²) < 4.78 is 8.34. The number of nitrogens with one attached hydrogen (secondary N) is 1. The van der Waals surface area contributed by atoms with Crippen LogP contribution in [-0.2, 0) is 0 Å². The van der Waals surface area contributed by atoms with Gasteiger partial charge in [0.25, 0.3) is 0 Å². The molecule has 2 N–H and O–H groups in total. The lowest BCUT2D eigenvalue weighted by Gasteiger charge is -2.15. The fourth-order valence-electron chi connectivity index (χ4n) is 3.45. The Labute approximate surface area is 154 Å². The van der Waals surface area contributed by atoms with Crippen LogP contribution in [0.15, 0.2) is 41.0 Å². The van der Waals surface area contributed by atoms with Crippen LogP contribution < -0.4 is 10.1 Å². The highest BCUT2D eigenvalue weighted by Gasteiger charge is 2.21.